The average Bonchev–Trinajstić information content (AvgIpc) is 2.85. The van der Waals surface area contributed by atoms with Crippen LogP contribution in [0, 0.1) is 0 Å². The Labute approximate surface area is 226 Å². The van der Waals surface area contributed by atoms with Crippen LogP contribution in [0.5, 0.6) is 0 Å². The van der Waals surface area contributed by atoms with Crippen LogP contribution < -0.4 is 16.1 Å². The van der Waals surface area contributed by atoms with Crippen LogP contribution in [0.25, 0.3) is 0 Å². The third kappa shape index (κ3) is 10.6. The standard InChI is InChI=1S/C24H33Cl3N4O5/c1-3-4-12-20(32)29-19(14-17-9-6-5-7-10-17)21(33)28-16(2)22(34)31-13-8-11-18(30-31)23(35)36-15-24(25,26)27/h3-7,9-10,16,18-20,29-30,32H,8,11-15H2,1-2H3,(H,28,33)/b4-3+/t16-,18-,19-,20?/m0/s1. The molecule has 1 fully saturated rings. The van der Waals surface area contributed by atoms with E-state index in [0.717, 1.165) is 5.56 Å². The SMILES string of the molecule is C/C=C/CC(O)N[C@@H](Cc1ccccc1)C(=O)N[C@@H](C)C(=O)N1CCC[C@@H](C(=O)OCC(Cl)(Cl)Cl)N1. The van der Waals surface area contributed by atoms with Gasteiger partial charge in [-0.15, -0.1) is 0 Å². The van der Waals surface area contributed by atoms with Crippen molar-refractivity contribution in [3.05, 3.63) is 48.0 Å². The molecule has 36 heavy (non-hydrogen) atoms. The molecule has 1 heterocycles. The first kappa shape index (κ1) is 30.3. The fraction of sp³-hybridized carbons (Fsp3) is 0.542. The van der Waals surface area contributed by atoms with E-state index in [-0.39, 0.29) is 0 Å². The average molecular weight is 564 g/mol. The lowest BCUT2D eigenvalue weighted by atomic mass is 10.0. The summed E-state index contributed by atoms with van der Waals surface area (Å²) in [6.07, 6.45) is 4.30. The van der Waals surface area contributed by atoms with E-state index in [1.165, 1.54) is 5.01 Å². The van der Waals surface area contributed by atoms with Crippen LogP contribution in [0.15, 0.2) is 42.5 Å². The number of carbonyl (C=O) groups excluding carboxylic acids is 3. The Morgan fingerprint density at radius 2 is 1.97 bits per heavy atom. The van der Waals surface area contributed by atoms with Gasteiger partial charge in [-0.05, 0) is 38.7 Å². The molecule has 4 N–H and O–H groups in total. The number of hydrogen-bond acceptors (Lipinski definition) is 7. The zero-order valence-corrected chi connectivity index (χ0v) is 22.5. The fourth-order valence-corrected chi connectivity index (χ4v) is 3.78. The summed E-state index contributed by atoms with van der Waals surface area (Å²) in [6.45, 7) is 3.34. The third-order valence-electron chi connectivity index (χ3n) is 5.43. The Bertz CT molecular complexity index is 897. The van der Waals surface area contributed by atoms with E-state index in [9.17, 15) is 19.5 Å². The first-order valence-electron chi connectivity index (χ1n) is 11.7. The number of rotatable bonds is 11. The van der Waals surface area contributed by atoms with E-state index in [2.05, 4.69) is 16.1 Å². The van der Waals surface area contributed by atoms with Crippen LogP contribution in [0.1, 0.15) is 38.7 Å². The van der Waals surface area contributed by atoms with Crippen molar-refractivity contribution < 1.29 is 24.2 Å². The maximum atomic E-state index is 13.1. The number of esters is 1. The van der Waals surface area contributed by atoms with Gasteiger partial charge < -0.3 is 15.2 Å². The molecule has 0 bridgehead atoms. The van der Waals surface area contributed by atoms with Crippen LogP contribution in [0.3, 0.4) is 0 Å². The lowest BCUT2D eigenvalue weighted by Gasteiger charge is -2.34. The summed E-state index contributed by atoms with van der Waals surface area (Å²) in [6, 6.07) is 6.92. The van der Waals surface area contributed by atoms with Gasteiger partial charge in [0.2, 0.25) is 9.70 Å². The van der Waals surface area contributed by atoms with Crippen LogP contribution in [-0.2, 0) is 25.5 Å². The summed E-state index contributed by atoms with van der Waals surface area (Å²) in [5.41, 5.74) is 3.73. The number of alkyl halides is 3. The Morgan fingerprint density at radius 3 is 2.61 bits per heavy atom. The van der Waals surface area contributed by atoms with Gasteiger partial charge in [0.05, 0.1) is 6.04 Å². The second-order valence-electron chi connectivity index (χ2n) is 8.50. The minimum absolute atomic E-state index is 0.319. The summed E-state index contributed by atoms with van der Waals surface area (Å²) in [4.78, 5) is 38.4. The third-order valence-corrected chi connectivity index (χ3v) is 5.76. The van der Waals surface area contributed by atoms with Gasteiger partial charge in [0.25, 0.3) is 5.91 Å². The number of hydrogen-bond donors (Lipinski definition) is 4. The molecule has 9 nitrogen and oxygen atoms in total. The number of benzene rings is 1. The predicted molar refractivity (Wildman–Crippen MR) is 139 cm³/mol. The lowest BCUT2D eigenvalue weighted by Crippen LogP contribution is -2.60. The molecule has 12 heteroatoms. The topological polar surface area (TPSA) is 120 Å². The van der Waals surface area contributed by atoms with Crippen molar-refractivity contribution in [2.24, 2.45) is 0 Å². The summed E-state index contributed by atoms with van der Waals surface area (Å²) >= 11 is 16.9. The largest absolute Gasteiger partial charge is 0.460 e. The molecular weight excluding hydrogens is 531 g/mol. The molecule has 200 valence electrons. The molecule has 4 atom stereocenters. The van der Waals surface area contributed by atoms with Gasteiger partial charge in [-0.3, -0.25) is 24.7 Å². The summed E-state index contributed by atoms with van der Waals surface area (Å²) < 4.78 is 3.28. The van der Waals surface area contributed by atoms with Gasteiger partial charge in [0, 0.05) is 13.0 Å². The number of halogens is 3. The van der Waals surface area contributed by atoms with Crippen molar-refractivity contribution in [2.75, 3.05) is 13.2 Å². The zero-order chi connectivity index (χ0) is 26.7. The molecule has 1 aliphatic heterocycles. The molecule has 0 aromatic heterocycles. The van der Waals surface area contributed by atoms with Crippen molar-refractivity contribution in [2.45, 2.75) is 67.7 Å². The van der Waals surface area contributed by atoms with E-state index in [1.807, 2.05) is 43.3 Å². The smallest absolute Gasteiger partial charge is 0.325 e. The van der Waals surface area contributed by atoms with Crippen molar-refractivity contribution in [3.8, 4) is 0 Å². The molecular formula is C24H33Cl3N4O5. The lowest BCUT2D eigenvalue weighted by molar-refractivity contribution is -0.152. The highest BCUT2D eigenvalue weighted by Gasteiger charge is 2.33. The number of hydrazine groups is 1. The number of nitrogens with one attached hydrogen (secondary N) is 3. The van der Waals surface area contributed by atoms with Crippen LogP contribution in [0.4, 0.5) is 0 Å². The predicted octanol–water partition coefficient (Wildman–Crippen LogP) is 2.39. The minimum atomic E-state index is -1.73. The fourth-order valence-electron chi connectivity index (χ4n) is 3.62. The van der Waals surface area contributed by atoms with Crippen molar-refractivity contribution in [1.82, 2.24) is 21.1 Å². The highest BCUT2D eigenvalue weighted by molar-refractivity contribution is 6.67. The van der Waals surface area contributed by atoms with E-state index in [4.69, 9.17) is 39.5 Å². The van der Waals surface area contributed by atoms with Crippen LogP contribution in [-0.4, -0.2) is 69.2 Å². The molecule has 1 aliphatic rings. The molecule has 1 unspecified atom stereocenters. The van der Waals surface area contributed by atoms with E-state index in [1.54, 1.807) is 13.0 Å². The molecule has 1 aromatic carbocycles. The highest BCUT2D eigenvalue weighted by Crippen LogP contribution is 2.26. The van der Waals surface area contributed by atoms with Gasteiger partial charge >= 0.3 is 5.97 Å². The first-order valence-corrected chi connectivity index (χ1v) is 12.8. The van der Waals surface area contributed by atoms with Crippen LogP contribution in [0.2, 0.25) is 0 Å². The quantitative estimate of drug-likeness (QED) is 0.141. The molecule has 0 radical (unpaired) electrons. The van der Waals surface area contributed by atoms with Gasteiger partial charge in [0.15, 0.2) is 0 Å². The van der Waals surface area contributed by atoms with Gasteiger partial charge in [0.1, 0.15) is 24.9 Å². The molecule has 2 amide bonds. The monoisotopic (exact) mass is 562 g/mol. The number of amides is 2. The summed E-state index contributed by atoms with van der Waals surface area (Å²) in [5.74, 6) is -1.50. The number of aliphatic hydroxyl groups is 1. The summed E-state index contributed by atoms with van der Waals surface area (Å²) in [5, 5.41) is 17.2. The zero-order valence-electron chi connectivity index (χ0n) is 20.3. The second-order valence-corrected chi connectivity index (χ2v) is 11.0. The van der Waals surface area contributed by atoms with Crippen molar-refractivity contribution in [3.63, 3.8) is 0 Å². The van der Waals surface area contributed by atoms with E-state index >= 15 is 0 Å². The van der Waals surface area contributed by atoms with Crippen LogP contribution >= 0.6 is 34.8 Å². The molecule has 0 aliphatic carbocycles. The van der Waals surface area contributed by atoms with Gasteiger partial charge in [-0.25, -0.2) is 5.43 Å². The molecule has 1 saturated heterocycles. The van der Waals surface area contributed by atoms with Crippen molar-refractivity contribution in [1.29, 1.82) is 0 Å². The number of allylic oxidation sites excluding steroid dienone is 1. The van der Waals surface area contributed by atoms with Crippen molar-refractivity contribution >= 4 is 52.6 Å². The molecule has 2 rings (SSSR count). The highest BCUT2D eigenvalue weighted by atomic mass is 35.6. The number of aliphatic hydroxyl groups excluding tert-OH is 1. The Morgan fingerprint density at radius 1 is 1.28 bits per heavy atom. The Balaban J connectivity index is 1.99. The maximum Gasteiger partial charge on any atom is 0.325 e. The van der Waals surface area contributed by atoms with E-state index in [0.29, 0.717) is 32.2 Å². The normalized spacial score (nSPS) is 18.9. The molecule has 1 aromatic rings. The molecule has 0 spiro atoms. The van der Waals surface area contributed by atoms with Gasteiger partial charge in [-0.2, -0.15) is 0 Å². The van der Waals surface area contributed by atoms with E-state index < -0.39 is 52.5 Å². The first-order chi connectivity index (χ1) is 17.0. The second kappa shape index (κ2) is 14.8. The Kier molecular flexibility index (Phi) is 12.4. The van der Waals surface area contributed by atoms with Gasteiger partial charge in [-0.1, -0.05) is 77.3 Å². The summed E-state index contributed by atoms with van der Waals surface area (Å²) in [7, 11) is 0. The maximum absolute atomic E-state index is 13.1. The number of nitrogens with zero attached hydrogens (tertiary/aromatic N) is 1. The number of ether oxygens (including phenoxy) is 1. The molecule has 0 saturated carbocycles. The Hall–Kier alpha value is -1.88. The number of carbonyl (C=O) groups is 3. The minimum Gasteiger partial charge on any atom is -0.460 e.